The van der Waals surface area contributed by atoms with Crippen LogP contribution in [-0.2, 0) is 4.79 Å². The first kappa shape index (κ1) is 14.3. The maximum absolute atomic E-state index is 12.6. The molecule has 21 heavy (non-hydrogen) atoms. The Hall–Kier alpha value is -1.60. The van der Waals surface area contributed by atoms with Gasteiger partial charge in [-0.2, -0.15) is 0 Å². The summed E-state index contributed by atoms with van der Waals surface area (Å²) in [4.78, 5) is 26.2. The van der Waals surface area contributed by atoms with Crippen LogP contribution in [-0.4, -0.2) is 36.3 Å². The predicted octanol–water partition coefficient (Wildman–Crippen LogP) is 2.21. The molecule has 3 rings (SSSR count). The van der Waals surface area contributed by atoms with Crippen molar-refractivity contribution < 1.29 is 9.59 Å². The number of nitrogens with one attached hydrogen (secondary N) is 1. The zero-order chi connectivity index (χ0) is 15.0. The molecule has 5 nitrogen and oxygen atoms in total. The van der Waals surface area contributed by atoms with Crippen molar-refractivity contribution in [1.82, 2.24) is 10.2 Å². The summed E-state index contributed by atoms with van der Waals surface area (Å²) < 4.78 is 1.94. The van der Waals surface area contributed by atoms with E-state index < -0.39 is 0 Å². The molecule has 7 heteroatoms. The number of hydrogen-bond acceptors (Lipinski definition) is 4. The molecule has 2 amide bonds. The Morgan fingerprint density at radius 3 is 3.00 bits per heavy atom. The van der Waals surface area contributed by atoms with Gasteiger partial charge in [0.1, 0.15) is 4.88 Å². The molecule has 3 N–H and O–H groups in total. The Kier molecular flexibility index (Phi) is 3.86. The molecular formula is C14H14BrN3O2S. The number of nitrogens with zero attached hydrogens (tertiary/aromatic N) is 1. The molecule has 0 aliphatic carbocycles. The second-order valence-electron chi connectivity index (χ2n) is 4.88. The number of carbonyl (C=O) groups is 2. The third kappa shape index (κ3) is 2.75. The van der Waals surface area contributed by atoms with E-state index in [1.165, 1.54) is 11.3 Å². The fourth-order valence-electron chi connectivity index (χ4n) is 2.36. The van der Waals surface area contributed by atoms with Gasteiger partial charge in [-0.15, -0.1) is 11.3 Å². The third-order valence-electron chi connectivity index (χ3n) is 3.48. The number of amides is 2. The van der Waals surface area contributed by atoms with Crippen LogP contribution in [0.1, 0.15) is 16.1 Å². The normalized spacial score (nSPS) is 15.9. The molecule has 0 spiro atoms. The topological polar surface area (TPSA) is 75.4 Å². The van der Waals surface area contributed by atoms with Crippen molar-refractivity contribution in [3.63, 3.8) is 0 Å². The summed E-state index contributed by atoms with van der Waals surface area (Å²) >= 11 is 4.82. The van der Waals surface area contributed by atoms with Gasteiger partial charge in [0.05, 0.1) is 5.69 Å². The molecule has 1 aromatic heterocycles. The Balaban J connectivity index is 1.94. The predicted molar refractivity (Wildman–Crippen MR) is 87.5 cm³/mol. The first-order valence-corrected chi connectivity index (χ1v) is 8.20. The average Bonchev–Trinajstić information content (AvgIpc) is 2.63. The highest BCUT2D eigenvalue weighted by Crippen LogP contribution is 2.36. The number of rotatable bonds is 1. The zero-order valence-corrected chi connectivity index (χ0v) is 13.6. The van der Waals surface area contributed by atoms with Gasteiger partial charge < -0.3 is 16.0 Å². The van der Waals surface area contributed by atoms with Crippen LogP contribution < -0.4 is 11.1 Å². The summed E-state index contributed by atoms with van der Waals surface area (Å²) in [5, 5.41) is 3.66. The SMILES string of the molecule is Nc1c(C(=O)N2CCNC(=O)CC2)sc2cc(Br)ccc12. The van der Waals surface area contributed by atoms with Crippen LogP contribution in [0.2, 0.25) is 0 Å². The van der Waals surface area contributed by atoms with E-state index in [4.69, 9.17) is 5.73 Å². The minimum absolute atomic E-state index is 0.0152. The molecule has 1 aromatic carbocycles. The quantitative estimate of drug-likeness (QED) is 0.811. The van der Waals surface area contributed by atoms with E-state index in [-0.39, 0.29) is 11.8 Å². The molecule has 1 aliphatic rings. The largest absolute Gasteiger partial charge is 0.397 e. The summed E-state index contributed by atoms with van der Waals surface area (Å²) in [7, 11) is 0. The Morgan fingerprint density at radius 1 is 1.38 bits per heavy atom. The number of anilines is 1. The molecule has 2 heterocycles. The lowest BCUT2D eigenvalue weighted by Gasteiger charge is -2.18. The van der Waals surface area contributed by atoms with E-state index in [1.54, 1.807) is 4.90 Å². The molecule has 0 atom stereocenters. The van der Waals surface area contributed by atoms with Gasteiger partial charge in [-0.1, -0.05) is 22.0 Å². The van der Waals surface area contributed by atoms with Gasteiger partial charge in [-0.3, -0.25) is 9.59 Å². The van der Waals surface area contributed by atoms with Crippen LogP contribution in [0, 0.1) is 0 Å². The van der Waals surface area contributed by atoms with Crippen molar-refractivity contribution in [2.75, 3.05) is 25.4 Å². The number of fused-ring (bicyclic) bond motifs is 1. The fraction of sp³-hybridized carbons (Fsp3) is 0.286. The summed E-state index contributed by atoms with van der Waals surface area (Å²) in [5.74, 6) is -0.111. The van der Waals surface area contributed by atoms with Crippen LogP contribution in [0.5, 0.6) is 0 Å². The average molecular weight is 368 g/mol. The summed E-state index contributed by atoms with van der Waals surface area (Å²) in [6.45, 7) is 1.44. The van der Waals surface area contributed by atoms with E-state index in [1.807, 2.05) is 18.2 Å². The standard InChI is InChI=1S/C14H14BrN3O2S/c15-8-1-2-9-10(7-8)21-13(12(9)16)14(20)18-5-3-11(19)17-4-6-18/h1-2,7H,3-6,16H2,(H,17,19). The molecule has 0 radical (unpaired) electrons. The van der Waals surface area contributed by atoms with Gasteiger partial charge >= 0.3 is 0 Å². The summed E-state index contributed by atoms with van der Waals surface area (Å²) in [6, 6.07) is 5.78. The smallest absolute Gasteiger partial charge is 0.266 e. The van der Waals surface area contributed by atoms with Gasteiger partial charge in [-0.25, -0.2) is 0 Å². The maximum Gasteiger partial charge on any atom is 0.266 e. The molecule has 1 saturated heterocycles. The molecule has 110 valence electrons. The lowest BCUT2D eigenvalue weighted by molar-refractivity contribution is -0.120. The third-order valence-corrected chi connectivity index (χ3v) is 5.13. The molecule has 1 aliphatic heterocycles. The summed E-state index contributed by atoms with van der Waals surface area (Å²) in [6.07, 6.45) is 0.335. The van der Waals surface area contributed by atoms with Crippen LogP contribution in [0.4, 0.5) is 5.69 Å². The first-order chi connectivity index (χ1) is 10.1. The molecular weight excluding hydrogens is 354 g/mol. The van der Waals surface area contributed by atoms with Crippen molar-refractivity contribution in [2.45, 2.75) is 6.42 Å². The number of nitrogens with two attached hydrogens (primary N) is 1. The van der Waals surface area contributed by atoms with E-state index in [0.717, 1.165) is 14.6 Å². The van der Waals surface area contributed by atoms with E-state index in [2.05, 4.69) is 21.2 Å². The molecule has 0 saturated carbocycles. The Labute approximate surface area is 134 Å². The highest BCUT2D eigenvalue weighted by Gasteiger charge is 2.24. The van der Waals surface area contributed by atoms with Crippen LogP contribution in [0.3, 0.4) is 0 Å². The van der Waals surface area contributed by atoms with Crippen molar-refractivity contribution >= 4 is 54.9 Å². The van der Waals surface area contributed by atoms with Crippen molar-refractivity contribution in [3.8, 4) is 0 Å². The Morgan fingerprint density at radius 2 is 2.19 bits per heavy atom. The number of halogens is 1. The van der Waals surface area contributed by atoms with E-state index in [9.17, 15) is 9.59 Å². The van der Waals surface area contributed by atoms with Gasteiger partial charge in [0.2, 0.25) is 5.91 Å². The van der Waals surface area contributed by atoms with Crippen LogP contribution in [0.15, 0.2) is 22.7 Å². The van der Waals surface area contributed by atoms with Gasteiger partial charge in [0.15, 0.2) is 0 Å². The van der Waals surface area contributed by atoms with Crippen LogP contribution in [0.25, 0.3) is 10.1 Å². The Bertz CT molecular complexity index is 728. The number of benzene rings is 1. The fourth-order valence-corrected chi connectivity index (χ4v) is 4.01. The van der Waals surface area contributed by atoms with Gasteiger partial charge in [0.25, 0.3) is 5.91 Å². The maximum atomic E-state index is 12.6. The summed E-state index contributed by atoms with van der Waals surface area (Å²) in [5.41, 5.74) is 6.65. The lowest BCUT2D eigenvalue weighted by Crippen LogP contribution is -2.34. The molecule has 1 fully saturated rings. The lowest BCUT2D eigenvalue weighted by atomic mass is 10.2. The minimum atomic E-state index is -0.0960. The zero-order valence-electron chi connectivity index (χ0n) is 11.2. The van der Waals surface area contributed by atoms with E-state index >= 15 is 0 Å². The molecule has 2 aromatic rings. The highest BCUT2D eigenvalue weighted by atomic mass is 79.9. The highest BCUT2D eigenvalue weighted by molar-refractivity contribution is 9.10. The minimum Gasteiger partial charge on any atom is -0.397 e. The van der Waals surface area contributed by atoms with Gasteiger partial charge in [-0.05, 0) is 12.1 Å². The number of nitrogen functional groups attached to an aromatic ring is 1. The molecule has 0 unspecified atom stereocenters. The second-order valence-corrected chi connectivity index (χ2v) is 6.85. The monoisotopic (exact) mass is 367 g/mol. The van der Waals surface area contributed by atoms with Crippen molar-refractivity contribution in [1.29, 1.82) is 0 Å². The van der Waals surface area contributed by atoms with Crippen LogP contribution >= 0.6 is 27.3 Å². The van der Waals surface area contributed by atoms with Gasteiger partial charge in [0, 0.05) is 40.6 Å². The van der Waals surface area contributed by atoms with E-state index in [0.29, 0.717) is 36.6 Å². The van der Waals surface area contributed by atoms with Crippen molar-refractivity contribution in [3.05, 3.63) is 27.5 Å². The first-order valence-electron chi connectivity index (χ1n) is 6.60. The second kappa shape index (κ2) is 5.65. The number of carbonyl (C=O) groups excluding carboxylic acids is 2. The molecule has 0 bridgehead atoms. The number of hydrogen-bond donors (Lipinski definition) is 2. The van der Waals surface area contributed by atoms with Crippen molar-refractivity contribution in [2.24, 2.45) is 0 Å². The number of thiophene rings is 1.